The summed E-state index contributed by atoms with van der Waals surface area (Å²) in [5.74, 6) is 1.43. The first-order chi connectivity index (χ1) is 7.18. The molecule has 0 unspecified atom stereocenters. The van der Waals surface area contributed by atoms with Crippen LogP contribution >= 0.6 is 0 Å². The van der Waals surface area contributed by atoms with Crippen molar-refractivity contribution in [2.24, 2.45) is 0 Å². The predicted molar refractivity (Wildman–Crippen MR) is 54.7 cm³/mol. The van der Waals surface area contributed by atoms with Crippen LogP contribution in [-0.4, -0.2) is 42.4 Å². The first-order valence-corrected chi connectivity index (χ1v) is 4.93. The lowest BCUT2D eigenvalue weighted by molar-refractivity contribution is 0.173. The molecule has 82 valence electrons. The molecule has 0 aromatic carbocycles. The molecule has 0 saturated carbocycles. The van der Waals surface area contributed by atoms with Crippen molar-refractivity contribution in [3.8, 4) is 0 Å². The fourth-order valence-corrected chi connectivity index (χ4v) is 1.68. The van der Waals surface area contributed by atoms with Crippen LogP contribution in [0.25, 0.3) is 0 Å². The minimum Gasteiger partial charge on any atom is -0.376 e. The van der Waals surface area contributed by atoms with Gasteiger partial charge in [-0.15, -0.1) is 0 Å². The molecule has 0 N–H and O–H groups in total. The molecule has 1 saturated heterocycles. The highest BCUT2D eigenvalue weighted by Gasteiger charge is 2.32. The van der Waals surface area contributed by atoms with Crippen molar-refractivity contribution in [1.29, 1.82) is 0 Å². The van der Waals surface area contributed by atoms with E-state index in [0.29, 0.717) is 12.4 Å². The molecule has 0 bridgehead atoms. The molecule has 0 radical (unpaired) electrons. The van der Waals surface area contributed by atoms with Crippen LogP contribution in [0.1, 0.15) is 5.82 Å². The van der Waals surface area contributed by atoms with E-state index in [-0.39, 0.29) is 12.6 Å². The van der Waals surface area contributed by atoms with Gasteiger partial charge in [0.2, 0.25) is 0 Å². The highest BCUT2D eigenvalue weighted by atomic mass is 19.1. The first kappa shape index (κ1) is 10.3. The fraction of sp³-hybridized carbons (Fsp3) is 0.600. The first-order valence-electron chi connectivity index (χ1n) is 4.93. The van der Waals surface area contributed by atoms with Crippen molar-refractivity contribution < 1.29 is 9.13 Å². The van der Waals surface area contributed by atoms with E-state index in [1.165, 1.54) is 0 Å². The summed E-state index contributed by atoms with van der Waals surface area (Å²) in [6, 6.07) is 1.54. The molecule has 0 aliphatic carbocycles. The van der Waals surface area contributed by atoms with E-state index in [1.54, 1.807) is 12.3 Å². The third kappa shape index (κ3) is 2.07. The van der Waals surface area contributed by atoms with Crippen LogP contribution in [0.4, 0.5) is 10.2 Å². The van der Waals surface area contributed by atoms with Crippen LogP contribution in [0.15, 0.2) is 12.3 Å². The van der Waals surface area contributed by atoms with Crippen LogP contribution in [0, 0.1) is 6.92 Å². The van der Waals surface area contributed by atoms with Gasteiger partial charge in [0.25, 0.3) is 0 Å². The van der Waals surface area contributed by atoms with Crippen molar-refractivity contribution in [2.45, 2.75) is 19.1 Å². The topological polar surface area (TPSA) is 38.2 Å². The highest BCUT2D eigenvalue weighted by molar-refractivity contribution is 5.38. The third-order valence-electron chi connectivity index (χ3n) is 2.60. The van der Waals surface area contributed by atoms with Crippen LogP contribution in [0.5, 0.6) is 0 Å². The summed E-state index contributed by atoms with van der Waals surface area (Å²) in [5, 5.41) is 0. The number of hydrogen-bond donors (Lipinski definition) is 0. The molecule has 1 fully saturated rings. The van der Waals surface area contributed by atoms with Gasteiger partial charge in [0.1, 0.15) is 17.8 Å². The number of ether oxygens (including phenoxy) is 1. The minimum atomic E-state index is -0.940. The molecule has 4 nitrogen and oxygen atoms in total. The second-order valence-electron chi connectivity index (χ2n) is 3.69. The Morgan fingerprint density at radius 3 is 2.93 bits per heavy atom. The summed E-state index contributed by atoms with van der Waals surface area (Å²) in [4.78, 5) is 10.1. The molecular weight excluding hydrogens is 197 g/mol. The lowest BCUT2D eigenvalue weighted by Gasteiger charge is -2.25. The standard InChI is InChI=1S/C10H14FN3O/c1-7-12-4-3-10(13-7)14(2)9-6-15-5-8(9)11/h3-4,8-9H,5-6H2,1-2H3/t8-,9-/m1/s1. The van der Waals surface area contributed by atoms with Gasteiger partial charge in [0, 0.05) is 13.2 Å². The fourth-order valence-electron chi connectivity index (χ4n) is 1.68. The van der Waals surface area contributed by atoms with Crippen molar-refractivity contribution in [3.63, 3.8) is 0 Å². The van der Waals surface area contributed by atoms with E-state index >= 15 is 0 Å². The maximum atomic E-state index is 13.4. The Bertz CT molecular complexity index is 347. The second kappa shape index (κ2) is 4.10. The Morgan fingerprint density at radius 2 is 2.33 bits per heavy atom. The number of aryl methyl sites for hydroxylation is 1. The molecule has 2 rings (SSSR count). The van der Waals surface area contributed by atoms with Crippen molar-refractivity contribution in [1.82, 2.24) is 9.97 Å². The third-order valence-corrected chi connectivity index (χ3v) is 2.60. The molecule has 1 aliphatic rings. The molecule has 0 spiro atoms. The molecular formula is C10H14FN3O. The van der Waals surface area contributed by atoms with E-state index in [0.717, 1.165) is 5.82 Å². The van der Waals surface area contributed by atoms with Gasteiger partial charge >= 0.3 is 0 Å². The Labute approximate surface area is 88.1 Å². The molecule has 15 heavy (non-hydrogen) atoms. The number of hydrogen-bond acceptors (Lipinski definition) is 4. The maximum absolute atomic E-state index is 13.4. The van der Waals surface area contributed by atoms with Crippen LogP contribution in [-0.2, 0) is 4.74 Å². The van der Waals surface area contributed by atoms with Crippen LogP contribution in [0.2, 0.25) is 0 Å². The van der Waals surface area contributed by atoms with E-state index in [9.17, 15) is 4.39 Å². The monoisotopic (exact) mass is 211 g/mol. The summed E-state index contributed by atoms with van der Waals surface area (Å²) in [6.07, 6.45) is 0.738. The minimum absolute atomic E-state index is 0.180. The Morgan fingerprint density at radius 1 is 1.53 bits per heavy atom. The lowest BCUT2D eigenvalue weighted by Crippen LogP contribution is -2.39. The quantitative estimate of drug-likeness (QED) is 0.730. The molecule has 1 aromatic rings. The smallest absolute Gasteiger partial charge is 0.146 e. The average molecular weight is 211 g/mol. The number of rotatable bonds is 2. The molecule has 1 aromatic heterocycles. The summed E-state index contributed by atoms with van der Waals surface area (Å²) < 4.78 is 18.5. The van der Waals surface area contributed by atoms with Gasteiger partial charge in [-0.25, -0.2) is 14.4 Å². The van der Waals surface area contributed by atoms with Gasteiger partial charge in [0.05, 0.1) is 19.3 Å². The zero-order valence-electron chi connectivity index (χ0n) is 8.85. The van der Waals surface area contributed by atoms with Crippen molar-refractivity contribution >= 4 is 5.82 Å². The maximum Gasteiger partial charge on any atom is 0.146 e. The average Bonchev–Trinajstić information content (AvgIpc) is 2.63. The number of nitrogens with zero attached hydrogens (tertiary/aromatic N) is 3. The van der Waals surface area contributed by atoms with Gasteiger partial charge in [-0.05, 0) is 13.0 Å². The number of likely N-dealkylation sites (N-methyl/N-ethyl adjacent to an activating group) is 1. The summed E-state index contributed by atoms with van der Waals surface area (Å²) in [6.45, 7) is 2.41. The highest BCUT2D eigenvalue weighted by Crippen LogP contribution is 2.19. The van der Waals surface area contributed by atoms with Crippen molar-refractivity contribution in [2.75, 3.05) is 25.2 Å². The van der Waals surface area contributed by atoms with E-state index in [4.69, 9.17) is 4.74 Å². The van der Waals surface area contributed by atoms with Gasteiger partial charge in [-0.2, -0.15) is 0 Å². The molecule has 2 atom stereocenters. The SMILES string of the molecule is Cc1nccc(N(C)[C@@H]2COC[C@H]2F)n1. The van der Waals surface area contributed by atoms with E-state index in [2.05, 4.69) is 9.97 Å². The molecule has 5 heteroatoms. The Hall–Kier alpha value is -1.23. The van der Waals surface area contributed by atoms with E-state index in [1.807, 2.05) is 18.9 Å². The van der Waals surface area contributed by atoms with Gasteiger partial charge in [-0.1, -0.05) is 0 Å². The van der Waals surface area contributed by atoms with Crippen molar-refractivity contribution in [3.05, 3.63) is 18.1 Å². The summed E-state index contributed by atoms with van der Waals surface area (Å²) >= 11 is 0. The number of aromatic nitrogens is 2. The lowest BCUT2D eigenvalue weighted by atomic mass is 10.2. The Balaban J connectivity index is 2.16. The predicted octanol–water partition coefficient (Wildman–Crippen LogP) is 0.958. The summed E-state index contributed by atoms with van der Waals surface area (Å²) in [5.41, 5.74) is 0. The second-order valence-corrected chi connectivity index (χ2v) is 3.69. The number of anilines is 1. The zero-order valence-corrected chi connectivity index (χ0v) is 8.85. The molecule has 2 heterocycles. The van der Waals surface area contributed by atoms with Crippen LogP contribution < -0.4 is 4.90 Å². The number of halogens is 1. The Kier molecular flexibility index (Phi) is 2.81. The number of alkyl halides is 1. The normalized spacial score (nSPS) is 25.5. The molecule has 0 amide bonds. The molecule has 1 aliphatic heterocycles. The van der Waals surface area contributed by atoms with Gasteiger partial charge < -0.3 is 9.64 Å². The van der Waals surface area contributed by atoms with E-state index < -0.39 is 6.17 Å². The van der Waals surface area contributed by atoms with Gasteiger partial charge in [0.15, 0.2) is 0 Å². The zero-order chi connectivity index (χ0) is 10.8. The summed E-state index contributed by atoms with van der Waals surface area (Å²) in [7, 11) is 1.83. The van der Waals surface area contributed by atoms with Crippen LogP contribution in [0.3, 0.4) is 0 Å². The van der Waals surface area contributed by atoms with Gasteiger partial charge in [-0.3, -0.25) is 0 Å². The largest absolute Gasteiger partial charge is 0.376 e.